The first kappa shape index (κ1) is 22.5. The fraction of sp³-hybridized carbons (Fsp3) is 0.0625. The number of H-pyrrole nitrogens is 1. The number of rotatable bonds is 7. The number of aromatic amines is 1. The molecule has 0 unspecified atom stereocenters. The lowest BCUT2D eigenvalue weighted by Gasteiger charge is -2.02. The summed E-state index contributed by atoms with van der Waals surface area (Å²) in [6.07, 6.45) is 0. The molecule has 1 heterocycles. The second-order valence-electron chi connectivity index (χ2n) is 5.99. The van der Waals surface area contributed by atoms with Crippen LogP contribution in [0, 0.1) is 0 Å². The predicted molar refractivity (Wildman–Crippen MR) is 104 cm³/mol. The van der Waals surface area contributed by atoms with Crippen molar-refractivity contribution in [1.29, 1.82) is 0 Å². The van der Waals surface area contributed by atoms with E-state index in [0.29, 0.717) is 0 Å². The highest BCUT2D eigenvalue weighted by Crippen LogP contribution is 2.22. The molecule has 0 aliphatic carbocycles. The van der Waals surface area contributed by atoms with Gasteiger partial charge in [0.25, 0.3) is 25.8 Å². The Labute approximate surface area is 174 Å². The summed E-state index contributed by atoms with van der Waals surface area (Å²) < 4.78 is 63.4. The summed E-state index contributed by atoms with van der Waals surface area (Å²) in [6, 6.07) is 9.33. The van der Waals surface area contributed by atoms with Crippen molar-refractivity contribution < 1.29 is 36.1 Å². The number of nitrogens with zero attached hydrogens (tertiary/aromatic N) is 3. The van der Waals surface area contributed by atoms with E-state index in [1.807, 2.05) is 0 Å². The number of azo groups is 1. The van der Waals surface area contributed by atoms with E-state index in [1.54, 1.807) is 0 Å². The van der Waals surface area contributed by atoms with Crippen molar-refractivity contribution in [3.8, 4) is 5.69 Å². The second-order valence-corrected chi connectivity index (χ2v) is 8.83. The topological polar surface area (TPSA) is 201 Å². The summed E-state index contributed by atoms with van der Waals surface area (Å²) in [5, 5.41) is 19.0. The standard InChI is InChI=1S/C16H14N4O9S2/c21-16-15(18-17-10-1-5-12(6-2-10)30(23,24)25)14(9-29-22)19-20(16)11-3-7-13(8-4-11)31(26,27)28/h1-8,19,22H,9H2,(H,23,24,25)(H,26,27,28). The van der Waals surface area contributed by atoms with E-state index in [4.69, 9.17) is 14.4 Å². The summed E-state index contributed by atoms with van der Waals surface area (Å²) in [4.78, 5) is 16.0. The lowest BCUT2D eigenvalue weighted by Crippen LogP contribution is -2.14. The number of aromatic nitrogens is 2. The third kappa shape index (κ3) is 5.10. The van der Waals surface area contributed by atoms with Crippen LogP contribution in [0.25, 0.3) is 5.69 Å². The minimum atomic E-state index is -4.41. The number of hydrogen-bond donors (Lipinski definition) is 4. The highest BCUT2D eigenvalue weighted by molar-refractivity contribution is 7.86. The third-order valence-corrected chi connectivity index (χ3v) is 5.68. The second kappa shape index (κ2) is 8.50. The van der Waals surface area contributed by atoms with Crippen LogP contribution < -0.4 is 5.56 Å². The van der Waals surface area contributed by atoms with Gasteiger partial charge in [0.05, 0.1) is 26.9 Å². The average Bonchev–Trinajstić information content (AvgIpc) is 3.01. The van der Waals surface area contributed by atoms with Gasteiger partial charge in [-0.15, -0.1) is 5.11 Å². The molecule has 31 heavy (non-hydrogen) atoms. The number of hydrogen-bond acceptors (Lipinski definition) is 9. The van der Waals surface area contributed by atoms with Crippen LogP contribution in [0.1, 0.15) is 5.69 Å². The molecule has 0 spiro atoms. The molecule has 0 aliphatic heterocycles. The van der Waals surface area contributed by atoms with Gasteiger partial charge in [-0.3, -0.25) is 24.3 Å². The van der Waals surface area contributed by atoms with Crippen LogP contribution in [0.5, 0.6) is 0 Å². The molecule has 1 aromatic heterocycles. The smallest absolute Gasteiger partial charge is 0.290 e. The van der Waals surface area contributed by atoms with Crippen molar-refractivity contribution in [3.05, 3.63) is 64.6 Å². The van der Waals surface area contributed by atoms with E-state index < -0.39 is 32.4 Å². The number of benzene rings is 2. The van der Waals surface area contributed by atoms with Gasteiger partial charge >= 0.3 is 0 Å². The van der Waals surface area contributed by atoms with Crippen LogP contribution in [-0.2, 0) is 31.7 Å². The first-order valence-corrected chi connectivity index (χ1v) is 11.1. The van der Waals surface area contributed by atoms with Gasteiger partial charge in [-0.05, 0) is 48.5 Å². The lowest BCUT2D eigenvalue weighted by atomic mass is 10.3. The third-order valence-electron chi connectivity index (χ3n) is 3.94. The zero-order valence-electron chi connectivity index (χ0n) is 15.3. The summed E-state index contributed by atoms with van der Waals surface area (Å²) >= 11 is 0. The van der Waals surface area contributed by atoms with Crippen molar-refractivity contribution in [2.75, 3.05) is 0 Å². The van der Waals surface area contributed by atoms with Crippen molar-refractivity contribution in [2.24, 2.45) is 10.2 Å². The molecule has 0 radical (unpaired) electrons. The Bertz CT molecular complexity index is 1390. The summed E-state index contributed by atoms with van der Waals surface area (Å²) in [5.74, 6) is 0. The molecular formula is C16H14N4O9S2. The molecule has 0 amide bonds. The van der Waals surface area contributed by atoms with Gasteiger partial charge in [-0.25, -0.2) is 9.57 Å². The maximum atomic E-state index is 12.7. The van der Waals surface area contributed by atoms with Crippen LogP contribution in [0.3, 0.4) is 0 Å². The molecule has 2 aromatic carbocycles. The monoisotopic (exact) mass is 470 g/mol. The minimum absolute atomic E-state index is 0.0321. The molecule has 0 saturated heterocycles. The SMILES string of the molecule is O=c1c(N=Nc2ccc(S(=O)(=O)O)cc2)c(COO)[nH]n1-c1ccc(S(=O)(=O)O)cc1. The van der Waals surface area contributed by atoms with E-state index >= 15 is 0 Å². The molecule has 0 bridgehead atoms. The zero-order chi connectivity index (χ0) is 22.8. The maximum absolute atomic E-state index is 12.7. The van der Waals surface area contributed by atoms with E-state index in [1.165, 1.54) is 24.3 Å². The zero-order valence-corrected chi connectivity index (χ0v) is 16.9. The van der Waals surface area contributed by atoms with Crippen LogP contribution in [0.2, 0.25) is 0 Å². The van der Waals surface area contributed by atoms with Gasteiger partial charge < -0.3 is 0 Å². The Morgan fingerprint density at radius 2 is 1.39 bits per heavy atom. The Morgan fingerprint density at radius 1 is 0.871 bits per heavy atom. The Balaban J connectivity index is 1.98. The molecule has 15 heteroatoms. The highest BCUT2D eigenvalue weighted by Gasteiger charge is 2.17. The normalized spacial score (nSPS) is 12.5. The molecule has 13 nitrogen and oxygen atoms in total. The van der Waals surface area contributed by atoms with Crippen LogP contribution >= 0.6 is 0 Å². The minimum Gasteiger partial charge on any atom is -0.290 e. The van der Waals surface area contributed by atoms with Crippen LogP contribution in [0.4, 0.5) is 11.4 Å². The van der Waals surface area contributed by atoms with Gasteiger partial charge in [-0.2, -0.15) is 21.9 Å². The van der Waals surface area contributed by atoms with Gasteiger partial charge in [-0.1, -0.05) is 0 Å². The summed E-state index contributed by atoms with van der Waals surface area (Å²) in [7, 11) is -8.79. The van der Waals surface area contributed by atoms with Crippen molar-refractivity contribution in [2.45, 2.75) is 16.4 Å². The van der Waals surface area contributed by atoms with E-state index in [2.05, 4.69) is 20.2 Å². The average molecular weight is 470 g/mol. The van der Waals surface area contributed by atoms with Gasteiger partial charge in [0.2, 0.25) is 0 Å². The molecule has 3 rings (SSSR count). The van der Waals surface area contributed by atoms with Gasteiger partial charge in [0, 0.05) is 0 Å². The Hall–Kier alpha value is -3.21. The first-order valence-electron chi connectivity index (χ1n) is 8.18. The number of nitrogens with one attached hydrogen (secondary N) is 1. The molecular weight excluding hydrogens is 456 g/mol. The molecule has 0 saturated carbocycles. The molecule has 0 aliphatic rings. The van der Waals surface area contributed by atoms with Crippen molar-refractivity contribution in [1.82, 2.24) is 9.78 Å². The molecule has 0 fully saturated rings. The maximum Gasteiger partial charge on any atom is 0.299 e. The Morgan fingerprint density at radius 3 is 1.87 bits per heavy atom. The van der Waals surface area contributed by atoms with Crippen LogP contribution in [-0.4, -0.2) is 41.0 Å². The fourth-order valence-electron chi connectivity index (χ4n) is 2.48. The van der Waals surface area contributed by atoms with E-state index in [9.17, 15) is 21.6 Å². The molecule has 4 N–H and O–H groups in total. The van der Waals surface area contributed by atoms with E-state index in [-0.39, 0.29) is 32.5 Å². The molecule has 164 valence electrons. The first-order chi connectivity index (χ1) is 14.5. The highest BCUT2D eigenvalue weighted by atomic mass is 32.2. The molecule has 3 aromatic rings. The predicted octanol–water partition coefficient (Wildman–Crippen LogP) is 2.06. The largest absolute Gasteiger partial charge is 0.299 e. The van der Waals surface area contributed by atoms with Gasteiger partial charge in [0.1, 0.15) is 6.61 Å². The van der Waals surface area contributed by atoms with Crippen molar-refractivity contribution >= 4 is 31.6 Å². The van der Waals surface area contributed by atoms with Crippen molar-refractivity contribution in [3.63, 3.8) is 0 Å². The summed E-state index contributed by atoms with van der Waals surface area (Å²) in [5.41, 5.74) is -0.579. The van der Waals surface area contributed by atoms with Crippen LogP contribution in [0.15, 0.2) is 73.3 Å². The van der Waals surface area contributed by atoms with E-state index in [0.717, 1.165) is 28.9 Å². The van der Waals surface area contributed by atoms with Gasteiger partial charge in [0.15, 0.2) is 5.69 Å². The fourth-order valence-corrected chi connectivity index (χ4v) is 3.44. The molecule has 0 atom stereocenters. The Kier molecular flexibility index (Phi) is 6.16. The lowest BCUT2D eigenvalue weighted by molar-refractivity contribution is -0.253. The quantitative estimate of drug-likeness (QED) is 0.172. The summed E-state index contributed by atoms with van der Waals surface area (Å²) in [6.45, 7) is -0.457.